The lowest BCUT2D eigenvalue weighted by atomic mass is 9.69. The van der Waals surface area contributed by atoms with E-state index in [9.17, 15) is 0 Å². The second-order valence-electron chi connectivity index (χ2n) is 13.7. The Morgan fingerprint density at radius 2 is 1.64 bits per heavy atom. The molecular formula is C45H50. The molecule has 0 heteroatoms. The van der Waals surface area contributed by atoms with Crippen molar-refractivity contribution in [3.8, 4) is 0 Å². The second kappa shape index (κ2) is 13.2. The van der Waals surface area contributed by atoms with E-state index in [2.05, 4.69) is 114 Å². The Balaban J connectivity index is 1.27. The van der Waals surface area contributed by atoms with Crippen molar-refractivity contribution in [2.75, 3.05) is 0 Å². The molecule has 3 aromatic rings. The summed E-state index contributed by atoms with van der Waals surface area (Å²) < 4.78 is 0. The maximum Gasteiger partial charge on any atom is 0.0201 e. The van der Waals surface area contributed by atoms with Crippen LogP contribution in [0.1, 0.15) is 104 Å². The molecule has 0 heterocycles. The maximum atomic E-state index is 4.80. The zero-order valence-electron chi connectivity index (χ0n) is 28.1. The van der Waals surface area contributed by atoms with E-state index in [0.717, 1.165) is 44.1 Å². The van der Waals surface area contributed by atoms with Crippen LogP contribution >= 0.6 is 0 Å². The van der Waals surface area contributed by atoms with Crippen molar-refractivity contribution in [3.05, 3.63) is 164 Å². The number of hydrogen-bond acceptors (Lipinski definition) is 0. The molecule has 1 fully saturated rings. The first-order valence-electron chi connectivity index (χ1n) is 17.2. The normalized spacial score (nSPS) is 20.0. The Morgan fingerprint density at radius 1 is 0.867 bits per heavy atom. The largest absolute Gasteiger partial charge is 0.0955 e. The lowest BCUT2D eigenvalue weighted by Crippen LogP contribution is -2.21. The number of hydrogen-bond donors (Lipinski definition) is 0. The van der Waals surface area contributed by atoms with Crippen LogP contribution in [0, 0.1) is 5.92 Å². The highest BCUT2D eigenvalue weighted by atomic mass is 14.4. The molecule has 0 spiro atoms. The molecule has 0 bridgehead atoms. The highest BCUT2D eigenvalue weighted by Crippen LogP contribution is 2.55. The monoisotopic (exact) mass is 590 g/mol. The van der Waals surface area contributed by atoms with Gasteiger partial charge in [-0.15, -0.1) is 0 Å². The van der Waals surface area contributed by atoms with E-state index in [0.29, 0.717) is 11.8 Å². The zero-order chi connectivity index (χ0) is 31.7. The molecule has 1 saturated carbocycles. The lowest BCUT2D eigenvalue weighted by Gasteiger charge is -2.35. The van der Waals surface area contributed by atoms with Crippen molar-refractivity contribution >= 4 is 11.6 Å². The van der Waals surface area contributed by atoms with E-state index in [4.69, 9.17) is 6.58 Å². The van der Waals surface area contributed by atoms with Gasteiger partial charge in [-0.05, 0) is 132 Å². The van der Waals surface area contributed by atoms with Crippen molar-refractivity contribution in [3.63, 3.8) is 0 Å². The van der Waals surface area contributed by atoms with E-state index < -0.39 is 0 Å². The lowest BCUT2D eigenvalue weighted by molar-refractivity contribution is 0.619. The van der Waals surface area contributed by atoms with Crippen molar-refractivity contribution in [1.82, 2.24) is 0 Å². The molecule has 0 aliphatic heterocycles. The minimum absolute atomic E-state index is 0.298. The second-order valence-corrected chi connectivity index (χ2v) is 13.7. The first-order valence-corrected chi connectivity index (χ1v) is 17.2. The number of aryl methyl sites for hydroxylation is 5. The fraction of sp³-hybridized carbons (Fsp3) is 0.333. The fourth-order valence-corrected chi connectivity index (χ4v) is 8.16. The van der Waals surface area contributed by atoms with Gasteiger partial charge in [-0.1, -0.05) is 130 Å². The fourth-order valence-electron chi connectivity index (χ4n) is 8.16. The zero-order valence-corrected chi connectivity index (χ0v) is 28.1. The molecule has 0 N–H and O–H groups in total. The molecule has 2 unspecified atom stereocenters. The summed E-state index contributed by atoms with van der Waals surface area (Å²) in [5.41, 5.74) is 20.8. The first-order chi connectivity index (χ1) is 21.8. The Kier molecular flexibility index (Phi) is 9.14. The van der Waals surface area contributed by atoms with Gasteiger partial charge in [0.2, 0.25) is 0 Å². The molecule has 0 radical (unpaired) electrons. The van der Waals surface area contributed by atoms with Gasteiger partial charge in [0.25, 0.3) is 0 Å². The minimum atomic E-state index is 0.298. The summed E-state index contributed by atoms with van der Waals surface area (Å²) in [5, 5.41) is 0. The number of allylic oxidation sites excluding steroid dienone is 8. The molecule has 0 nitrogen and oxygen atoms in total. The van der Waals surface area contributed by atoms with Gasteiger partial charge >= 0.3 is 0 Å². The van der Waals surface area contributed by atoms with Crippen LogP contribution in [0.2, 0.25) is 0 Å². The first kappa shape index (κ1) is 31.1. The van der Waals surface area contributed by atoms with Gasteiger partial charge in [0, 0.05) is 11.8 Å². The molecular weight excluding hydrogens is 540 g/mol. The summed E-state index contributed by atoms with van der Waals surface area (Å²) in [5.74, 6) is 0.607. The van der Waals surface area contributed by atoms with E-state index in [1.807, 2.05) is 0 Å². The summed E-state index contributed by atoms with van der Waals surface area (Å²) in [7, 11) is 0. The van der Waals surface area contributed by atoms with Crippen molar-refractivity contribution in [2.24, 2.45) is 5.92 Å². The molecule has 0 aromatic heterocycles. The molecule has 0 saturated heterocycles. The summed E-state index contributed by atoms with van der Waals surface area (Å²) in [6.07, 6.45) is 14.9. The Labute approximate surface area is 272 Å². The molecule has 45 heavy (non-hydrogen) atoms. The Bertz CT molecular complexity index is 1750. The van der Waals surface area contributed by atoms with E-state index in [1.54, 1.807) is 11.1 Å². The third kappa shape index (κ3) is 6.30. The predicted molar refractivity (Wildman–Crippen MR) is 196 cm³/mol. The molecule has 230 valence electrons. The number of benzene rings is 3. The quantitative estimate of drug-likeness (QED) is 0.220. The predicted octanol–water partition coefficient (Wildman–Crippen LogP) is 11.9. The van der Waals surface area contributed by atoms with Crippen LogP contribution in [0.25, 0.3) is 11.6 Å². The van der Waals surface area contributed by atoms with Crippen LogP contribution in [0.4, 0.5) is 0 Å². The molecule has 3 aliphatic rings. The van der Waals surface area contributed by atoms with Gasteiger partial charge in [-0.2, -0.15) is 0 Å². The summed E-state index contributed by atoms with van der Waals surface area (Å²) >= 11 is 0. The van der Waals surface area contributed by atoms with Crippen LogP contribution in [-0.4, -0.2) is 0 Å². The maximum absolute atomic E-state index is 4.80. The average molecular weight is 591 g/mol. The highest BCUT2D eigenvalue weighted by Gasteiger charge is 2.41. The number of fused-ring (bicyclic) bond motifs is 2. The van der Waals surface area contributed by atoms with Crippen molar-refractivity contribution in [2.45, 2.75) is 91.4 Å². The minimum Gasteiger partial charge on any atom is -0.0955 e. The molecule has 3 aliphatic carbocycles. The van der Waals surface area contributed by atoms with E-state index in [1.165, 1.54) is 86.1 Å². The third-order valence-corrected chi connectivity index (χ3v) is 10.5. The third-order valence-electron chi connectivity index (χ3n) is 10.5. The van der Waals surface area contributed by atoms with Gasteiger partial charge in [-0.3, -0.25) is 0 Å². The van der Waals surface area contributed by atoms with Gasteiger partial charge in [0.15, 0.2) is 0 Å². The average Bonchev–Trinajstić information content (AvgIpc) is 3.63. The molecule has 2 atom stereocenters. The van der Waals surface area contributed by atoms with Gasteiger partial charge in [-0.25, -0.2) is 0 Å². The van der Waals surface area contributed by atoms with Gasteiger partial charge in [0.05, 0.1) is 0 Å². The Hall–Kier alpha value is -3.90. The summed E-state index contributed by atoms with van der Waals surface area (Å²) in [6.45, 7) is 22.4. The number of rotatable bonds is 10. The SMILES string of the molecule is C=C(CCC)C1=C(C)C=C2CC(=Cc3ccc(CCc4ccc(C(=C)C)cc4)c(CC)c3)C(=C)C2C1c1ccc2c(c1)CCC2. The van der Waals surface area contributed by atoms with E-state index in [-0.39, 0.29) is 0 Å². The summed E-state index contributed by atoms with van der Waals surface area (Å²) in [6, 6.07) is 23.4. The van der Waals surface area contributed by atoms with Crippen LogP contribution in [0.3, 0.4) is 0 Å². The van der Waals surface area contributed by atoms with Crippen LogP contribution in [0.15, 0.2) is 120 Å². The van der Waals surface area contributed by atoms with Gasteiger partial charge in [0.1, 0.15) is 0 Å². The van der Waals surface area contributed by atoms with Crippen LogP contribution < -0.4 is 0 Å². The standard InChI is InChI=1S/C45H50/c1-8-11-30(5)43-31(6)24-42-28-41(32(7)44(42)45(43)40-23-22-37-12-10-13-39(37)27-40)26-34-17-21-38(35(9-2)25-34)20-16-33-14-18-36(19-15-33)29(3)4/h14-15,17-19,21-27,44-45H,3,5,7-13,16,20,28H2,1-2,4,6H3. The Morgan fingerprint density at radius 3 is 2.38 bits per heavy atom. The van der Waals surface area contributed by atoms with E-state index >= 15 is 0 Å². The van der Waals surface area contributed by atoms with Crippen molar-refractivity contribution in [1.29, 1.82) is 0 Å². The highest BCUT2D eigenvalue weighted by molar-refractivity contribution is 5.68. The summed E-state index contributed by atoms with van der Waals surface area (Å²) in [4.78, 5) is 0. The van der Waals surface area contributed by atoms with Crippen molar-refractivity contribution < 1.29 is 0 Å². The molecule has 6 rings (SSSR count). The van der Waals surface area contributed by atoms with Gasteiger partial charge < -0.3 is 0 Å². The molecule has 0 amide bonds. The molecule has 3 aromatic carbocycles. The van der Waals surface area contributed by atoms with Crippen LogP contribution in [0.5, 0.6) is 0 Å². The van der Waals surface area contributed by atoms with Crippen LogP contribution in [-0.2, 0) is 32.1 Å². The topological polar surface area (TPSA) is 0 Å². The smallest absolute Gasteiger partial charge is 0.0201 e.